The van der Waals surface area contributed by atoms with Gasteiger partial charge in [-0.25, -0.2) is 0 Å². The van der Waals surface area contributed by atoms with Crippen LogP contribution in [0, 0.1) is 0 Å². The van der Waals surface area contributed by atoms with Crippen molar-refractivity contribution in [2.24, 2.45) is 4.99 Å². The summed E-state index contributed by atoms with van der Waals surface area (Å²) in [6, 6.07) is 10.4. The van der Waals surface area contributed by atoms with E-state index < -0.39 is 0 Å². The number of nitrogens with zero attached hydrogens (tertiary/aromatic N) is 7. The predicted molar refractivity (Wildman–Crippen MR) is 143 cm³/mol. The van der Waals surface area contributed by atoms with Crippen molar-refractivity contribution in [2.45, 2.75) is 33.2 Å². The van der Waals surface area contributed by atoms with Gasteiger partial charge in [0.15, 0.2) is 5.96 Å². The van der Waals surface area contributed by atoms with Crippen LogP contribution in [0.4, 0.5) is 5.69 Å². The van der Waals surface area contributed by atoms with Gasteiger partial charge in [0.05, 0.1) is 0 Å². The third-order valence-corrected chi connectivity index (χ3v) is 5.78. The van der Waals surface area contributed by atoms with Crippen LogP contribution in [0.15, 0.2) is 41.7 Å². The van der Waals surface area contributed by atoms with Crippen molar-refractivity contribution in [3.8, 4) is 0 Å². The van der Waals surface area contributed by atoms with Gasteiger partial charge in [0.25, 0.3) is 0 Å². The monoisotopic (exact) mass is 568 g/mol. The van der Waals surface area contributed by atoms with Gasteiger partial charge in [-0.05, 0) is 18.6 Å². The molecule has 1 amide bonds. The minimum atomic E-state index is 0. The van der Waals surface area contributed by atoms with E-state index in [0.717, 1.165) is 77.0 Å². The standard InChI is InChI=1S/C23H36N8O.HI/c1-4-22-27-26-19-31(22)14-12-25-23(30-17-15-29(16-18-30)20(2)32)24-11-8-13-28(3)21-9-6-5-7-10-21;/h5-7,9-10,19H,4,8,11-18H2,1-3H3,(H,24,25);1H. The maximum absolute atomic E-state index is 11.7. The van der Waals surface area contributed by atoms with Crippen LogP contribution in [-0.4, -0.2) is 89.3 Å². The number of aliphatic imine (C=N–C) groups is 1. The van der Waals surface area contributed by atoms with Gasteiger partial charge in [-0.2, -0.15) is 0 Å². The molecule has 1 aromatic heterocycles. The lowest BCUT2D eigenvalue weighted by molar-refractivity contribution is -0.130. The van der Waals surface area contributed by atoms with E-state index in [4.69, 9.17) is 4.99 Å². The molecule has 1 aliphatic rings. The second-order valence-electron chi connectivity index (χ2n) is 8.03. The highest BCUT2D eigenvalue weighted by Gasteiger charge is 2.21. The molecular weight excluding hydrogens is 531 g/mol. The lowest BCUT2D eigenvalue weighted by Gasteiger charge is -2.36. The van der Waals surface area contributed by atoms with E-state index in [2.05, 4.69) is 68.1 Å². The molecule has 33 heavy (non-hydrogen) atoms. The first-order chi connectivity index (χ1) is 15.6. The first-order valence-corrected chi connectivity index (χ1v) is 11.5. The first kappa shape index (κ1) is 26.9. The fraction of sp³-hybridized carbons (Fsp3) is 0.565. The average Bonchev–Trinajstić information content (AvgIpc) is 3.28. The van der Waals surface area contributed by atoms with Crippen molar-refractivity contribution in [2.75, 3.05) is 57.8 Å². The molecule has 1 aliphatic heterocycles. The van der Waals surface area contributed by atoms with Crippen molar-refractivity contribution in [3.05, 3.63) is 42.5 Å². The topological polar surface area (TPSA) is 81.9 Å². The fourth-order valence-electron chi connectivity index (χ4n) is 3.83. The lowest BCUT2D eigenvalue weighted by atomic mass is 10.3. The van der Waals surface area contributed by atoms with Crippen molar-refractivity contribution in [3.63, 3.8) is 0 Å². The number of carbonyl (C=O) groups excluding carboxylic acids is 1. The van der Waals surface area contributed by atoms with Gasteiger partial charge in [0, 0.05) is 78.4 Å². The molecular formula is C23H37IN8O. The minimum Gasteiger partial charge on any atom is -0.375 e. The molecule has 1 fully saturated rings. The van der Waals surface area contributed by atoms with Crippen LogP contribution in [0.25, 0.3) is 0 Å². The van der Waals surface area contributed by atoms with Crippen molar-refractivity contribution in [1.29, 1.82) is 0 Å². The Morgan fingerprint density at radius 3 is 2.52 bits per heavy atom. The van der Waals surface area contributed by atoms with Crippen LogP contribution in [0.2, 0.25) is 0 Å². The zero-order chi connectivity index (χ0) is 22.8. The quantitative estimate of drug-likeness (QED) is 0.216. The van der Waals surface area contributed by atoms with Crippen molar-refractivity contribution < 1.29 is 4.79 Å². The van der Waals surface area contributed by atoms with Gasteiger partial charge in [0.2, 0.25) is 5.91 Å². The number of aromatic nitrogens is 3. The van der Waals surface area contributed by atoms with Crippen LogP contribution < -0.4 is 10.2 Å². The molecule has 0 unspecified atom stereocenters. The summed E-state index contributed by atoms with van der Waals surface area (Å²) in [5.41, 5.74) is 1.22. The second-order valence-corrected chi connectivity index (χ2v) is 8.03. The Morgan fingerprint density at radius 1 is 1.15 bits per heavy atom. The second kappa shape index (κ2) is 14.0. The Labute approximate surface area is 214 Å². The molecule has 2 heterocycles. The van der Waals surface area contributed by atoms with Gasteiger partial charge in [-0.15, -0.1) is 34.2 Å². The van der Waals surface area contributed by atoms with Gasteiger partial charge in [-0.3, -0.25) is 9.79 Å². The number of benzene rings is 1. The molecule has 10 heteroatoms. The molecule has 0 spiro atoms. The highest BCUT2D eigenvalue weighted by Crippen LogP contribution is 2.11. The molecule has 0 saturated carbocycles. The Hall–Kier alpha value is -2.37. The maximum atomic E-state index is 11.7. The average molecular weight is 569 g/mol. The lowest BCUT2D eigenvalue weighted by Crippen LogP contribution is -2.53. The number of para-hydroxylation sites is 1. The zero-order valence-corrected chi connectivity index (χ0v) is 22.3. The first-order valence-electron chi connectivity index (χ1n) is 11.5. The van der Waals surface area contributed by atoms with E-state index in [1.165, 1.54) is 5.69 Å². The molecule has 3 rings (SSSR count). The van der Waals surface area contributed by atoms with Crippen molar-refractivity contribution in [1.82, 2.24) is 29.9 Å². The van der Waals surface area contributed by atoms with Gasteiger partial charge in [-0.1, -0.05) is 25.1 Å². The van der Waals surface area contributed by atoms with Gasteiger partial charge >= 0.3 is 0 Å². The van der Waals surface area contributed by atoms with Crippen LogP contribution in [-0.2, 0) is 17.8 Å². The summed E-state index contributed by atoms with van der Waals surface area (Å²) in [6.45, 7) is 10.0. The van der Waals surface area contributed by atoms with Crippen LogP contribution >= 0.6 is 24.0 Å². The Morgan fingerprint density at radius 2 is 1.85 bits per heavy atom. The van der Waals surface area contributed by atoms with E-state index in [9.17, 15) is 4.79 Å². The molecule has 2 aromatic rings. The van der Waals surface area contributed by atoms with E-state index in [0.29, 0.717) is 0 Å². The molecule has 1 N–H and O–H groups in total. The zero-order valence-electron chi connectivity index (χ0n) is 20.0. The summed E-state index contributed by atoms with van der Waals surface area (Å²) in [4.78, 5) is 23.0. The Kier molecular flexibility index (Phi) is 11.4. The number of hydrogen-bond acceptors (Lipinski definition) is 5. The summed E-state index contributed by atoms with van der Waals surface area (Å²) in [5, 5.41) is 11.7. The molecule has 0 bridgehead atoms. The molecule has 1 saturated heterocycles. The van der Waals surface area contributed by atoms with Crippen LogP contribution in [0.3, 0.4) is 0 Å². The largest absolute Gasteiger partial charge is 0.375 e. The van der Waals surface area contributed by atoms with Crippen LogP contribution in [0.5, 0.6) is 0 Å². The summed E-state index contributed by atoms with van der Waals surface area (Å²) < 4.78 is 2.08. The maximum Gasteiger partial charge on any atom is 0.219 e. The highest BCUT2D eigenvalue weighted by molar-refractivity contribution is 14.0. The molecule has 0 aliphatic carbocycles. The Bertz CT molecular complexity index is 864. The number of rotatable bonds is 9. The minimum absolute atomic E-state index is 0. The number of nitrogens with one attached hydrogen (secondary N) is 1. The van der Waals surface area contributed by atoms with Crippen molar-refractivity contribution >= 4 is 41.5 Å². The third-order valence-electron chi connectivity index (χ3n) is 5.78. The third kappa shape index (κ3) is 8.17. The number of amides is 1. The van der Waals surface area contributed by atoms with E-state index >= 15 is 0 Å². The van der Waals surface area contributed by atoms with Crippen LogP contribution in [0.1, 0.15) is 26.1 Å². The number of guanidine groups is 1. The number of anilines is 1. The van der Waals surface area contributed by atoms with E-state index in [1.54, 1.807) is 13.3 Å². The van der Waals surface area contributed by atoms with E-state index in [-0.39, 0.29) is 29.9 Å². The fourth-order valence-corrected chi connectivity index (χ4v) is 3.83. The molecule has 0 atom stereocenters. The number of hydrogen-bond donors (Lipinski definition) is 1. The predicted octanol–water partition coefficient (Wildman–Crippen LogP) is 2.09. The number of halogens is 1. The summed E-state index contributed by atoms with van der Waals surface area (Å²) >= 11 is 0. The van der Waals surface area contributed by atoms with Gasteiger partial charge < -0.3 is 24.6 Å². The normalized spacial score (nSPS) is 14.1. The smallest absolute Gasteiger partial charge is 0.219 e. The SMILES string of the molecule is CCc1nncn1CCNC(=NCCCN(C)c1ccccc1)N1CCN(C(C)=O)CC1.I. The molecule has 9 nitrogen and oxygen atoms in total. The summed E-state index contributed by atoms with van der Waals surface area (Å²) in [5.74, 6) is 2.05. The highest BCUT2D eigenvalue weighted by atomic mass is 127. The summed E-state index contributed by atoms with van der Waals surface area (Å²) in [6.07, 6.45) is 3.61. The molecule has 0 radical (unpaired) electrons. The Balaban J connectivity index is 0.00000385. The van der Waals surface area contributed by atoms with Gasteiger partial charge in [0.1, 0.15) is 12.2 Å². The number of piperazine rings is 1. The number of aryl methyl sites for hydroxylation is 1. The molecule has 182 valence electrons. The molecule has 1 aromatic carbocycles. The number of carbonyl (C=O) groups is 1. The van der Waals surface area contributed by atoms with E-state index in [1.807, 2.05) is 11.0 Å². The summed E-state index contributed by atoms with van der Waals surface area (Å²) in [7, 11) is 2.11.